The molecule has 0 amide bonds. The molecule has 1 aromatic heterocycles. The van der Waals surface area contributed by atoms with Crippen molar-refractivity contribution in [2.24, 2.45) is 7.05 Å². The molecule has 0 fully saturated rings. The van der Waals surface area contributed by atoms with Gasteiger partial charge < -0.3 is 5.32 Å². The average Bonchev–Trinajstić information content (AvgIpc) is 2.80. The lowest BCUT2D eigenvalue weighted by Gasteiger charge is -2.27. The molecule has 0 saturated heterocycles. The Morgan fingerprint density at radius 3 is 2.50 bits per heavy atom. The summed E-state index contributed by atoms with van der Waals surface area (Å²) in [4.78, 5) is 0. The van der Waals surface area contributed by atoms with Crippen molar-refractivity contribution >= 4 is 0 Å². The van der Waals surface area contributed by atoms with E-state index in [0.717, 1.165) is 12.1 Å². The summed E-state index contributed by atoms with van der Waals surface area (Å²) in [5.74, 6) is 0. The molecule has 1 aromatic carbocycles. The Morgan fingerprint density at radius 2 is 1.95 bits per heavy atom. The Labute approximate surface area is 121 Å². The standard InChI is InChI=1S/C16H24N4/c1-16(2,3)14-9-7-6-8-13(14)15(17-4)10-12-11-20(5)19-18-12/h6-9,11,15,17H,10H2,1-5H3. The fourth-order valence-corrected chi connectivity index (χ4v) is 2.55. The summed E-state index contributed by atoms with van der Waals surface area (Å²) in [6.45, 7) is 6.75. The number of nitrogens with zero attached hydrogens (tertiary/aromatic N) is 3. The maximum Gasteiger partial charge on any atom is 0.0845 e. The first-order chi connectivity index (χ1) is 9.41. The number of likely N-dealkylation sites (N-methyl/N-ethyl adjacent to an activating group) is 1. The van der Waals surface area contributed by atoms with Crippen LogP contribution in [0.3, 0.4) is 0 Å². The van der Waals surface area contributed by atoms with E-state index in [2.05, 4.69) is 60.7 Å². The van der Waals surface area contributed by atoms with Crippen LogP contribution in [0.25, 0.3) is 0 Å². The monoisotopic (exact) mass is 272 g/mol. The number of benzene rings is 1. The molecule has 2 rings (SSSR count). The minimum absolute atomic E-state index is 0.133. The quantitative estimate of drug-likeness (QED) is 0.930. The van der Waals surface area contributed by atoms with Gasteiger partial charge in [0, 0.05) is 25.7 Å². The highest BCUT2D eigenvalue weighted by atomic mass is 15.4. The van der Waals surface area contributed by atoms with E-state index < -0.39 is 0 Å². The highest BCUT2D eigenvalue weighted by Crippen LogP contribution is 2.30. The van der Waals surface area contributed by atoms with Crippen LogP contribution in [0, 0.1) is 0 Å². The third kappa shape index (κ3) is 3.25. The molecule has 0 aliphatic carbocycles. The van der Waals surface area contributed by atoms with Gasteiger partial charge in [-0.25, -0.2) is 0 Å². The normalized spacial score (nSPS) is 13.4. The van der Waals surface area contributed by atoms with Gasteiger partial charge in [0.05, 0.1) is 5.69 Å². The SMILES string of the molecule is CNC(Cc1cn(C)nn1)c1ccccc1C(C)(C)C. The summed E-state index contributed by atoms with van der Waals surface area (Å²) in [5, 5.41) is 11.6. The van der Waals surface area contributed by atoms with Crippen molar-refractivity contribution in [3.63, 3.8) is 0 Å². The Bertz CT molecular complexity index is 566. The Balaban J connectivity index is 2.32. The lowest BCUT2D eigenvalue weighted by atomic mass is 9.81. The van der Waals surface area contributed by atoms with Crippen LogP contribution in [0.5, 0.6) is 0 Å². The minimum Gasteiger partial charge on any atom is -0.313 e. The van der Waals surface area contributed by atoms with Gasteiger partial charge in [0.1, 0.15) is 0 Å². The number of aryl methyl sites for hydroxylation is 1. The van der Waals surface area contributed by atoms with E-state index in [1.165, 1.54) is 11.1 Å². The van der Waals surface area contributed by atoms with Crippen molar-refractivity contribution in [1.29, 1.82) is 0 Å². The fraction of sp³-hybridized carbons (Fsp3) is 0.500. The van der Waals surface area contributed by atoms with Crippen molar-refractivity contribution in [3.05, 3.63) is 47.3 Å². The maximum absolute atomic E-state index is 4.19. The second kappa shape index (κ2) is 5.75. The smallest absolute Gasteiger partial charge is 0.0845 e. The number of aromatic nitrogens is 3. The van der Waals surface area contributed by atoms with Crippen LogP contribution in [-0.4, -0.2) is 22.0 Å². The summed E-state index contributed by atoms with van der Waals surface area (Å²) in [6.07, 6.45) is 2.82. The molecule has 4 heteroatoms. The van der Waals surface area contributed by atoms with Gasteiger partial charge in [0.15, 0.2) is 0 Å². The number of hydrogen-bond donors (Lipinski definition) is 1. The maximum atomic E-state index is 4.19. The van der Waals surface area contributed by atoms with Gasteiger partial charge in [0.2, 0.25) is 0 Å². The van der Waals surface area contributed by atoms with Crippen LogP contribution >= 0.6 is 0 Å². The molecule has 2 aromatic rings. The first-order valence-corrected chi connectivity index (χ1v) is 7.03. The molecule has 0 radical (unpaired) electrons. The average molecular weight is 272 g/mol. The summed E-state index contributed by atoms with van der Waals surface area (Å²) in [5.41, 5.74) is 3.86. The van der Waals surface area contributed by atoms with Crippen molar-refractivity contribution in [2.75, 3.05) is 7.05 Å². The molecule has 108 valence electrons. The molecular formula is C16H24N4. The molecule has 0 aliphatic rings. The molecule has 1 unspecified atom stereocenters. The van der Waals surface area contributed by atoms with E-state index in [0.29, 0.717) is 0 Å². The lowest BCUT2D eigenvalue weighted by Crippen LogP contribution is -2.24. The molecule has 20 heavy (non-hydrogen) atoms. The molecule has 4 nitrogen and oxygen atoms in total. The zero-order chi connectivity index (χ0) is 14.8. The minimum atomic E-state index is 0.133. The predicted octanol–water partition coefficient (Wildman–Crippen LogP) is 2.62. The van der Waals surface area contributed by atoms with Crippen LogP contribution in [0.15, 0.2) is 30.5 Å². The Hall–Kier alpha value is -1.68. The first-order valence-electron chi connectivity index (χ1n) is 7.03. The van der Waals surface area contributed by atoms with Crippen LogP contribution in [0.1, 0.15) is 43.6 Å². The molecule has 1 N–H and O–H groups in total. The van der Waals surface area contributed by atoms with Gasteiger partial charge in [0.25, 0.3) is 0 Å². The largest absolute Gasteiger partial charge is 0.313 e. The number of hydrogen-bond acceptors (Lipinski definition) is 3. The zero-order valence-electron chi connectivity index (χ0n) is 13.0. The van der Waals surface area contributed by atoms with Crippen LogP contribution < -0.4 is 5.32 Å². The van der Waals surface area contributed by atoms with Gasteiger partial charge in [-0.2, -0.15) is 0 Å². The van der Waals surface area contributed by atoms with E-state index in [-0.39, 0.29) is 11.5 Å². The second-order valence-electron chi connectivity index (χ2n) is 6.27. The van der Waals surface area contributed by atoms with Crippen molar-refractivity contribution in [1.82, 2.24) is 20.3 Å². The zero-order valence-corrected chi connectivity index (χ0v) is 13.0. The highest BCUT2D eigenvalue weighted by Gasteiger charge is 2.22. The van der Waals surface area contributed by atoms with E-state index in [4.69, 9.17) is 0 Å². The lowest BCUT2D eigenvalue weighted by molar-refractivity contribution is 0.535. The van der Waals surface area contributed by atoms with E-state index in [9.17, 15) is 0 Å². The summed E-state index contributed by atoms with van der Waals surface area (Å²) >= 11 is 0. The number of nitrogens with one attached hydrogen (secondary N) is 1. The molecule has 0 spiro atoms. The van der Waals surface area contributed by atoms with Crippen LogP contribution in [0.4, 0.5) is 0 Å². The predicted molar refractivity (Wildman–Crippen MR) is 81.6 cm³/mol. The van der Waals surface area contributed by atoms with Crippen LogP contribution in [-0.2, 0) is 18.9 Å². The first kappa shape index (κ1) is 14.7. The Kier molecular flexibility index (Phi) is 4.23. The summed E-state index contributed by atoms with van der Waals surface area (Å²) < 4.78 is 1.75. The fourth-order valence-electron chi connectivity index (χ4n) is 2.55. The molecular weight excluding hydrogens is 248 g/mol. The van der Waals surface area contributed by atoms with E-state index in [1.807, 2.05) is 20.3 Å². The molecule has 0 saturated carbocycles. The third-order valence-electron chi connectivity index (χ3n) is 3.56. The van der Waals surface area contributed by atoms with Crippen molar-refractivity contribution in [3.8, 4) is 0 Å². The second-order valence-corrected chi connectivity index (χ2v) is 6.27. The van der Waals surface area contributed by atoms with E-state index in [1.54, 1.807) is 4.68 Å². The van der Waals surface area contributed by atoms with Gasteiger partial charge in [-0.15, -0.1) is 5.10 Å². The summed E-state index contributed by atoms with van der Waals surface area (Å²) in [6, 6.07) is 8.89. The molecule has 0 bridgehead atoms. The molecule has 1 atom stereocenters. The van der Waals surface area contributed by atoms with Gasteiger partial charge in [-0.3, -0.25) is 4.68 Å². The van der Waals surface area contributed by atoms with Gasteiger partial charge >= 0.3 is 0 Å². The molecule has 1 heterocycles. The highest BCUT2D eigenvalue weighted by molar-refractivity contribution is 5.35. The van der Waals surface area contributed by atoms with Crippen LogP contribution in [0.2, 0.25) is 0 Å². The Morgan fingerprint density at radius 1 is 1.25 bits per heavy atom. The van der Waals surface area contributed by atoms with Crippen molar-refractivity contribution < 1.29 is 0 Å². The van der Waals surface area contributed by atoms with Gasteiger partial charge in [-0.05, 0) is 23.6 Å². The van der Waals surface area contributed by atoms with E-state index >= 15 is 0 Å². The topological polar surface area (TPSA) is 42.7 Å². The summed E-state index contributed by atoms with van der Waals surface area (Å²) in [7, 11) is 3.90. The number of rotatable bonds is 4. The van der Waals surface area contributed by atoms with Crippen molar-refractivity contribution in [2.45, 2.75) is 38.6 Å². The molecule has 0 aliphatic heterocycles. The van der Waals surface area contributed by atoms with Gasteiger partial charge in [-0.1, -0.05) is 50.3 Å². The third-order valence-corrected chi connectivity index (χ3v) is 3.56.